The van der Waals surface area contributed by atoms with E-state index in [0.717, 1.165) is 40.6 Å². The number of pyridine rings is 1. The van der Waals surface area contributed by atoms with E-state index in [0.29, 0.717) is 5.56 Å². The average molecular weight is 299 g/mol. The Hall–Kier alpha value is -2.01. The number of nitrogens with one attached hydrogen (secondary N) is 1. The second kappa shape index (κ2) is 5.77. The number of nitrogens with zero attached hydrogens (tertiary/aromatic N) is 1. The lowest BCUT2D eigenvalue weighted by Crippen LogP contribution is -2.14. The van der Waals surface area contributed by atoms with Gasteiger partial charge in [0.25, 0.3) is 0 Å². The van der Waals surface area contributed by atoms with E-state index in [1.807, 2.05) is 30.3 Å². The summed E-state index contributed by atoms with van der Waals surface area (Å²) in [7, 11) is 1.65. The van der Waals surface area contributed by atoms with Crippen molar-refractivity contribution in [1.82, 2.24) is 4.98 Å². The lowest BCUT2D eigenvalue weighted by molar-refractivity contribution is 0.405. The first kappa shape index (κ1) is 13.9. The van der Waals surface area contributed by atoms with Crippen LogP contribution in [0.25, 0.3) is 0 Å². The molecule has 0 aliphatic heterocycles. The highest BCUT2D eigenvalue weighted by Crippen LogP contribution is 2.37. The fourth-order valence-corrected chi connectivity index (χ4v) is 3.57. The van der Waals surface area contributed by atoms with Crippen molar-refractivity contribution >= 4 is 17.6 Å². The summed E-state index contributed by atoms with van der Waals surface area (Å²) in [6.45, 7) is 0. The molecule has 0 bridgehead atoms. The van der Waals surface area contributed by atoms with Gasteiger partial charge in [0, 0.05) is 11.3 Å². The first-order valence-electron chi connectivity index (χ1n) is 6.87. The molecule has 2 aromatic rings. The summed E-state index contributed by atoms with van der Waals surface area (Å²) in [5, 5.41) is 8.58. The van der Waals surface area contributed by atoms with Gasteiger partial charge in [0.1, 0.15) is 16.6 Å². The van der Waals surface area contributed by atoms with Crippen molar-refractivity contribution < 1.29 is 4.74 Å². The lowest BCUT2D eigenvalue weighted by Gasteiger charge is -2.12. The van der Waals surface area contributed by atoms with Crippen molar-refractivity contribution in [3.8, 4) is 5.75 Å². The number of nitrogen functional groups attached to an aromatic ring is 1. The zero-order chi connectivity index (χ0) is 14.8. The molecule has 1 aliphatic rings. The Balaban J connectivity index is 2.03. The Morgan fingerprint density at radius 2 is 2.14 bits per heavy atom. The summed E-state index contributed by atoms with van der Waals surface area (Å²) in [6.07, 6.45) is 3.16. The molecule has 0 fully saturated rings. The SMILES string of the molecule is COc1ccccc1Sc1nc2c(cc1C(=N)N)CCC2. The molecule has 1 aromatic carbocycles. The van der Waals surface area contributed by atoms with Gasteiger partial charge in [-0.1, -0.05) is 23.9 Å². The molecule has 1 heterocycles. The van der Waals surface area contributed by atoms with Crippen molar-refractivity contribution in [1.29, 1.82) is 5.41 Å². The quantitative estimate of drug-likeness (QED) is 0.672. The normalized spacial score (nSPS) is 13.0. The number of hydrogen-bond donors (Lipinski definition) is 2. The standard InChI is InChI=1S/C16H17N3OS/c1-20-13-7-2-3-8-14(13)21-16-11(15(17)18)9-10-5-4-6-12(10)19-16/h2-3,7-9H,4-6H2,1H3,(H3,17,18). The third-order valence-electron chi connectivity index (χ3n) is 3.58. The summed E-state index contributed by atoms with van der Waals surface area (Å²) in [6, 6.07) is 9.83. The fourth-order valence-electron chi connectivity index (χ4n) is 2.53. The second-order valence-corrected chi connectivity index (χ2v) is 6.00. The maximum Gasteiger partial charge on any atom is 0.132 e. The number of nitrogens with two attached hydrogens (primary N) is 1. The van der Waals surface area contributed by atoms with E-state index in [9.17, 15) is 0 Å². The number of hydrogen-bond acceptors (Lipinski definition) is 4. The number of rotatable bonds is 4. The van der Waals surface area contributed by atoms with E-state index in [4.69, 9.17) is 20.9 Å². The molecule has 21 heavy (non-hydrogen) atoms. The number of ether oxygens (including phenoxy) is 1. The minimum absolute atomic E-state index is 0.0644. The van der Waals surface area contributed by atoms with Gasteiger partial charge < -0.3 is 10.5 Å². The smallest absolute Gasteiger partial charge is 0.132 e. The largest absolute Gasteiger partial charge is 0.496 e. The van der Waals surface area contributed by atoms with Crippen molar-refractivity contribution in [3.63, 3.8) is 0 Å². The van der Waals surface area contributed by atoms with Gasteiger partial charge in [0.05, 0.1) is 12.0 Å². The van der Waals surface area contributed by atoms with Crippen molar-refractivity contribution in [2.75, 3.05) is 7.11 Å². The molecule has 0 radical (unpaired) electrons. The van der Waals surface area contributed by atoms with E-state index in [1.54, 1.807) is 7.11 Å². The van der Waals surface area contributed by atoms with Gasteiger partial charge in [-0.3, -0.25) is 5.41 Å². The molecule has 0 spiro atoms. The highest BCUT2D eigenvalue weighted by molar-refractivity contribution is 7.99. The predicted molar refractivity (Wildman–Crippen MR) is 84.4 cm³/mol. The fraction of sp³-hybridized carbons (Fsp3) is 0.250. The van der Waals surface area contributed by atoms with Crippen LogP contribution in [0.5, 0.6) is 5.75 Å². The maximum atomic E-state index is 7.80. The highest BCUT2D eigenvalue weighted by atomic mass is 32.2. The Morgan fingerprint density at radius 1 is 1.33 bits per heavy atom. The predicted octanol–water partition coefficient (Wildman–Crippen LogP) is 3.01. The number of methoxy groups -OCH3 is 1. The van der Waals surface area contributed by atoms with E-state index < -0.39 is 0 Å². The van der Waals surface area contributed by atoms with Crippen LogP contribution in [0.15, 0.2) is 40.3 Å². The van der Waals surface area contributed by atoms with Gasteiger partial charge in [0.2, 0.25) is 0 Å². The Kier molecular flexibility index (Phi) is 3.84. The molecule has 1 aromatic heterocycles. The van der Waals surface area contributed by atoms with Crippen LogP contribution in [0.4, 0.5) is 0 Å². The van der Waals surface area contributed by atoms with Crippen LogP contribution in [-0.2, 0) is 12.8 Å². The highest BCUT2D eigenvalue weighted by Gasteiger charge is 2.19. The van der Waals surface area contributed by atoms with Gasteiger partial charge in [-0.25, -0.2) is 4.98 Å². The zero-order valence-electron chi connectivity index (χ0n) is 11.8. The molecule has 0 unspecified atom stereocenters. The van der Waals surface area contributed by atoms with Crippen LogP contribution >= 0.6 is 11.8 Å². The molecular formula is C16H17N3OS. The monoisotopic (exact) mass is 299 g/mol. The van der Waals surface area contributed by atoms with Crippen LogP contribution in [0.2, 0.25) is 0 Å². The Bertz CT molecular complexity index is 700. The number of amidine groups is 1. The first-order valence-corrected chi connectivity index (χ1v) is 7.68. The van der Waals surface area contributed by atoms with Gasteiger partial charge in [-0.05, 0) is 43.0 Å². The molecule has 0 amide bonds. The minimum Gasteiger partial charge on any atom is -0.496 e. The van der Waals surface area contributed by atoms with Crippen LogP contribution in [0.1, 0.15) is 23.2 Å². The Labute approximate surface area is 128 Å². The van der Waals surface area contributed by atoms with Crippen LogP contribution in [-0.4, -0.2) is 17.9 Å². The summed E-state index contributed by atoms with van der Waals surface area (Å²) in [5.41, 5.74) is 8.81. The number of aromatic nitrogens is 1. The molecule has 0 atom stereocenters. The molecule has 1 aliphatic carbocycles. The van der Waals surface area contributed by atoms with Gasteiger partial charge in [-0.15, -0.1) is 0 Å². The van der Waals surface area contributed by atoms with Gasteiger partial charge in [-0.2, -0.15) is 0 Å². The summed E-state index contributed by atoms with van der Waals surface area (Å²) < 4.78 is 5.38. The molecule has 5 heteroatoms. The topological polar surface area (TPSA) is 72.0 Å². The summed E-state index contributed by atoms with van der Waals surface area (Å²) in [5.74, 6) is 0.869. The molecule has 0 saturated heterocycles. The molecule has 0 saturated carbocycles. The third kappa shape index (κ3) is 2.74. The maximum absolute atomic E-state index is 7.80. The van der Waals surface area contributed by atoms with Gasteiger partial charge in [0.15, 0.2) is 0 Å². The van der Waals surface area contributed by atoms with Crippen LogP contribution in [0.3, 0.4) is 0 Å². The molecular weight excluding hydrogens is 282 g/mol. The van der Waals surface area contributed by atoms with Crippen molar-refractivity contribution in [3.05, 3.63) is 47.2 Å². The molecule has 3 rings (SSSR count). The Morgan fingerprint density at radius 3 is 2.90 bits per heavy atom. The second-order valence-electron chi connectivity index (χ2n) is 4.97. The summed E-state index contributed by atoms with van der Waals surface area (Å²) >= 11 is 1.50. The minimum atomic E-state index is 0.0644. The van der Waals surface area contributed by atoms with Gasteiger partial charge >= 0.3 is 0 Å². The van der Waals surface area contributed by atoms with E-state index >= 15 is 0 Å². The van der Waals surface area contributed by atoms with E-state index in [2.05, 4.69) is 0 Å². The number of fused-ring (bicyclic) bond motifs is 1. The molecule has 108 valence electrons. The molecule has 4 nitrogen and oxygen atoms in total. The summed E-state index contributed by atoms with van der Waals surface area (Å²) in [4.78, 5) is 5.71. The zero-order valence-corrected chi connectivity index (χ0v) is 12.7. The van der Waals surface area contributed by atoms with Crippen LogP contribution in [0, 0.1) is 5.41 Å². The number of para-hydroxylation sites is 1. The number of benzene rings is 1. The van der Waals surface area contributed by atoms with E-state index in [-0.39, 0.29) is 5.84 Å². The van der Waals surface area contributed by atoms with Crippen LogP contribution < -0.4 is 10.5 Å². The molecule has 3 N–H and O–H groups in total. The lowest BCUT2D eigenvalue weighted by atomic mass is 10.1. The van der Waals surface area contributed by atoms with Crippen molar-refractivity contribution in [2.45, 2.75) is 29.2 Å². The average Bonchev–Trinajstić information content (AvgIpc) is 2.94. The number of aryl methyl sites for hydroxylation is 2. The van der Waals surface area contributed by atoms with Crippen molar-refractivity contribution in [2.24, 2.45) is 5.73 Å². The third-order valence-corrected chi connectivity index (χ3v) is 4.64. The first-order chi connectivity index (χ1) is 10.2. The van der Waals surface area contributed by atoms with E-state index in [1.165, 1.54) is 17.3 Å².